The molecule has 0 fully saturated rings. The zero-order chi connectivity index (χ0) is 18.8. The van der Waals surface area contributed by atoms with Crippen molar-refractivity contribution in [2.45, 2.75) is 71.6 Å². The van der Waals surface area contributed by atoms with E-state index in [4.69, 9.17) is 23.2 Å². The van der Waals surface area contributed by atoms with Gasteiger partial charge in [0.15, 0.2) is 0 Å². The SMILES string of the molecule is CCC(CC)(c1ccc(C(C)C)cc1)c1cc(Cl)c(C(C)C)c(Cl)c1. The summed E-state index contributed by atoms with van der Waals surface area (Å²) in [6, 6.07) is 13.3. The molecule has 2 aromatic rings. The fourth-order valence-corrected chi connectivity index (χ4v) is 4.76. The lowest BCUT2D eigenvalue weighted by Gasteiger charge is -2.34. The maximum absolute atomic E-state index is 6.62. The molecule has 0 radical (unpaired) electrons. The first-order valence-corrected chi connectivity index (χ1v) is 10.1. The van der Waals surface area contributed by atoms with Crippen molar-refractivity contribution in [3.63, 3.8) is 0 Å². The molecule has 2 rings (SSSR count). The third-order valence-corrected chi connectivity index (χ3v) is 6.17. The quantitative estimate of drug-likeness (QED) is 0.474. The molecule has 25 heavy (non-hydrogen) atoms. The molecule has 0 heterocycles. The number of benzene rings is 2. The van der Waals surface area contributed by atoms with Crippen LogP contribution in [0.3, 0.4) is 0 Å². The first-order chi connectivity index (χ1) is 11.8. The van der Waals surface area contributed by atoms with E-state index in [1.165, 1.54) is 16.7 Å². The van der Waals surface area contributed by atoms with Crippen LogP contribution in [0.2, 0.25) is 10.0 Å². The maximum atomic E-state index is 6.62. The summed E-state index contributed by atoms with van der Waals surface area (Å²) in [5, 5.41) is 1.56. The minimum Gasteiger partial charge on any atom is -0.0840 e. The van der Waals surface area contributed by atoms with Crippen molar-refractivity contribution in [2.75, 3.05) is 0 Å². The highest BCUT2D eigenvalue weighted by atomic mass is 35.5. The van der Waals surface area contributed by atoms with Gasteiger partial charge in [0.05, 0.1) is 0 Å². The third kappa shape index (κ3) is 3.91. The lowest BCUT2D eigenvalue weighted by molar-refractivity contribution is 0.478. The molecule has 0 N–H and O–H groups in total. The molecule has 0 atom stereocenters. The predicted octanol–water partition coefficient (Wildman–Crippen LogP) is 8.35. The molecule has 0 aromatic heterocycles. The van der Waals surface area contributed by atoms with E-state index in [9.17, 15) is 0 Å². The van der Waals surface area contributed by atoms with Gasteiger partial charge < -0.3 is 0 Å². The third-order valence-electron chi connectivity index (χ3n) is 5.55. The van der Waals surface area contributed by atoms with E-state index < -0.39 is 0 Å². The molecule has 0 nitrogen and oxygen atoms in total. The van der Waals surface area contributed by atoms with Gasteiger partial charge in [0, 0.05) is 15.5 Å². The van der Waals surface area contributed by atoms with Crippen molar-refractivity contribution in [1.82, 2.24) is 0 Å². The van der Waals surface area contributed by atoms with E-state index in [1.807, 2.05) is 0 Å². The predicted molar refractivity (Wildman–Crippen MR) is 112 cm³/mol. The zero-order valence-corrected chi connectivity index (χ0v) is 17.8. The Bertz CT molecular complexity index is 684. The van der Waals surface area contributed by atoms with Gasteiger partial charge in [-0.15, -0.1) is 0 Å². The summed E-state index contributed by atoms with van der Waals surface area (Å²) in [6.07, 6.45) is 2.02. The van der Waals surface area contributed by atoms with Crippen LogP contribution in [0.15, 0.2) is 36.4 Å². The van der Waals surface area contributed by atoms with Crippen LogP contribution < -0.4 is 0 Å². The van der Waals surface area contributed by atoms with E-state index in [-0.39, 0.29) is 5.41 Å². The monoisotopic (exact) mass is 376 g/mol. The Labute approximate surface area is 163 Å². The average Bonchev–Trinajstić information content (AvgIpc) is 2.56. The Hall–Kier alpha value is -0.980. The highest BCUT2D eigenvalue weighted by Gasteiger charge is 2.32. The van der Waals surface area contributed by atoms with Gasteiger partial charge in [-0.25, -0.2) is 0 Å². The van der Waals surface area contributed by atoms with Crippen LogP contribution in [0.1, 0.15) is 88.5 Å². The Morgan fingerprint density at radius 2 is 1.24 bits per heavy atom. The summed E-state index contributed by atoms with van der Waals surface area (Å²) in [5.41, 5.74) is 4.91. The summed E-state index contributed by atoms with van der Waals surface area (Å²) >= 11 is 13.2. The van der Waals surface area contributed by atoms with Crippen LogP contribution >= 0.6 is 23.2 Å². The number of hydrogen-bond acceptors (Lipinski definition) is 0. The van der Waals surface area contributed by atoms with Gasteiger partial charge in [0.1, 0.15) is 0 Å². The van der Waals surface area contributed by atoms with Crippen molar-refractivity contribution >= 4 is 23.2 Å². The summed E-state index contributed by atoms with van der Waals surface area (Å²) in [7, 11) is 0. The summed E-state index contributed by atoms with van der Waals surface area (Å²) < 4.78 is 0. The van der Waals surface area contributed by atoms with Crippen LogP contribution in [-0.4, -0.2) is 0 Å². The van der Waals surface area contributed by atoms with E-state index in [1.54, 1.807) is 0 Å². The smallest absolute Gasteiger partial charge is 0.0458 e. The molecule has 0 aliphatic carbocycles. The molecule has 0 aliphatic heterocycles. The number of hydrogen-bond donors (Lipinski definition) is 0. The summed E-state index contributed by atoms with van der Waals surface area (Å²) in [4.78, 5) is 0. The standard InChI is InChI=1S/C23H30Cl2/c1-7-23(8-2,18-11-9-17(10-12-18)15(3)4)19-13-20(24)22(16(5)6)21(25)14-19/h9-16H,7-8H2,1-6H3. The molecule has 0 spiro atoms. The van der Waals surface area contributed by atoms with Crippen LogP contribution in [0.5, 0.6) is 0 Å². The topological polar surface area (TPSA) is 0 Å². The molecule has 0 amide bonds. The maximum Gasteiger partial charge on any atom is 0.0458 e. The Kier molecular flexibility index (Phi) is 6.62. The van der Waals surface area contributed by atoms with Gasteiger partial charge >= 0.3 is 0 Å². The number of halogens is 2. The molecule has 136 valence electrons. The van der Waals surface area contributed by atoms with Crippen molar-refractivity contribution < 1.29 is 0 Å². The Morgan fingerprint density at radius 3 is 1.60 bits per heavy atom. The molecule has 0 aliphatic rings. The van der Waals surface area contributed by atoms with Gasteiger partial charge in [0.25, 0.3) is 0 Å². The second-order valence-electron chi connectivity index (χ2n) is 7.57. The largest absolute Gasteiger partial charge is 0.0840 e. The molecule has 2 heteroatoms. The molecular formula is C23H30Cl2. The lowest BCUT2D eigenvalue weighted by Crippen LogP contribution is -2.26. The minimum atomic E-state index is -0.0572. The van der Waals surface area contributed by atoms with Crippen molar-refractivity contribution in [1.29, 1.82) is 0 Å². The Balaban J connectivity index is 2.60. The zero-order valence-electron chi connectivity index (χ0n) is 16.3. The van der Waals surface area contributed by atoms with Gasteiger partial charge in [-0.05, 0) is 59.1 Å². The molecular weight excluding hydrogens is 347 g/mol. The highest BCUT2D eigenvalue weighted by Crippen LogP contribution is 2.43. The summed E-state index contributed by atoms with van der Waals surface area (Å²) in [5.74, 6) is 0.859. The highest BCUT2D eigenvalue weighted by molar-refractivity contribution is 6.36. The second kappa shape index (κ2) is 8.14. The van der Waals surface area contributed by atoms with Crippen LogP contribution in [0.25, 0.3) is 0 Å². The van der Waals surface area contributed by atoms with E-state index in [0.717, 1.165) is 28.5 Å². The van der Waals surface area contributed by atoms with Crippen molar-refractivity contribution in [3.05, 3.63) is 68.7 Å². The first-order valence-electron chi connectivity index (χ1n) is 9.36. The number of rotatable bonds is 6. The normalized spacial score (nSPS) is 12.2. The molecule has 0 saturated carbocycles. The van der Waals surface area contributed by atoms with Gasteiger partial charge in [-0.3, -0.25) is 0 Å². The molecule has 0 bridgehead atoms. The van der Waals surface area contributed by atoms with Crippen molar-refractivity contribution in [2.24, 2.45) is 0 Å². The molecule has 0 saturated heterocycles. The van der Waals surface area contributed by atoms with Gasteiger partial charge in [-0.1, -0.05) is 89.0 Å². The van der Waals surface area contributed by atoms with E-state index >= 15 is 0 Å². The van der Waals surface area contributed by atoms with Crippen molar-refractivity contribution in [3.8, 4) is 0 Å². The van der Waals surface area contributed by atoms with Crippen LogP contribution in [0.4, 0.5) is 0 Å². The second-order valence-corrected chi connectivity index (χ2v) is 8.39. The average molecular weight is 377 g/mol. The minimum absolute atomic E-state index is 0.0572. The fourth-order valence-electron chi connectivity index (χ4n) is 3.83. The Morgan fingerprint density at radius 1 is 0.760 bits per heavy atom. The van der Waals surface area contributed by atoms with Gasteiger partial charge in [0.2, 0.25) is 0 Å². The summed E-state index contributed by atoms with van der Waals surface area (Å²) in [6.45, 7) is 13.2. The van der Waals surface area contributed by atoms with E-state index in [0.29, 0.717) is 11.8 Å². The first kappa shape index (κ1) is 20.3. The fraction of sp³-hybridized carbons (Fsp3) is 0.478. The molecule has 2 aromatic carbocycles. The van der Waals surface area contributed by atoms with Gasteiger partial charge in [-0.2, -0.15) is 0 Å². The van der Waals surface area contributed by atoms with Crippen LogP contribution in [0, 0.1) is 0 Å². The molecule has 0 unspecified atom stereocenters. The van der Waals surface area contributed by atoms with Crippen LogP contribution in [-0.2, 0) is 5.41 Å². The van der Waals surface area contributed by atoms with E-state index in [2.05, 4.69) is 77.9 Å². The lowest BCUT2D eigenvalue weighted by atomic mass is 9.70.